The van der Waals surface area contributed by atoms with Crippen LogP contribution in [0.3, 0.4) is 0 Å². The molecule has 0 radical (unpaired) electrons. The van der Waals surface area contributed by atoms with Crippen LogP contribution in [0, 0.1) is 18.8 Å². The van der Waals surface area contributed by atoms with Crippen molar-refractivity contribution in [1.82, 2.24) is 14.9 Å². The van der Waals surface area contributed by atoms with Gasteiger partial charge in [-0.25, -0.2) is 4.98 Å². The molecule has 1 saturated carbocycles. The van der Waals surface area contributed by atoms with Crippen LogP contribution in [0.2, 0.25) is 0 Å². The van der Waals surface area contributed by atoms with Crippen LogP contribution in [0.4, 0.5) is 0 Å². The summed E-state index contributed by atoms with van der Waals surface area (Å²) in [4.78, 5) is 17.2. The van der Waals surface area contributed by atoms with Gasteiger partial charge in [0.15, 0.2) is 0 Å². The number of hydrogen-bond acceptors (Lipinski definition) is 2. The van der Waals surface area contributed by atoms with Crippen LogP contribution in [-0.2, 0) is 17.9 Å². The molecule has 0 unspecified atom stereocenters. The Morgan fingerprint density at radius 1 is 1.04 bits per heavy atom. The number of imidazole rings is 1. The molecule has 1 N–H and O–H groups in total. The van der Waals surface area contributed by atoms with Crippen molar-refractivity contribution in [2.75, 3.05) is 0 Å². The van der Waals surface area contributed by atoms with Crippen LogP contribution in [-0.4, -0.2) is 15.5 Å². The fraction of sp³-hybridized carbons (Fsp3) is 0.391. The predicted molar refractivity (Wildman–Crippen MR) is 108 cm³/mol. The molecular weight excluding hydrogens is 334 g/mol. The maximum Gasteiger partial charge on any atom is 0.223 e. The Morgan fingerprint density at radius 2 is 1.74 bits per heavy atom. The van der Waals surface area contributed by atoms with Gasteiger partial charge in [-0.3, -0.25) is 4.79 Å². The smallest absolute Gasteiger partial charge is 0.223 e. The van der Waals surface area contributed by atoms with E-state index in [-0.39, 0.29) is 11.8 Å². The van der Waals surface area contributed by atoms with Crippen LogP contribution in [0.15, 0.2) is 54.6 Å². The number of aromatic nitrogens is 2. The average Bonchev–Trinajstić information content (AvgIpc) is 3.03. The number of rotatable bonds is 5. The molecule has 0 atom stereocenters. The van der Waals surface area contributed by atoms with Crippen molar-refractivity contribution < 1.29 is 4.79 Å². The number of aryl methyl sites for hydroxylation is 1. The normalized spacial score (nSPS) is 19.9. The van der Waals surface area contributed by atoms with Gasteiger partial charge in [0.2, 0.25) is 5.91 Å². The molecule has 1 aliphatic rings. The lowest BCUT2D eigenvalue weighted by atomic mass is 9.81. The highest BCUT2D eigenvalue weighted by atomic mass is 16.1. The van der Waals surface area contributed by atoms with E-state index in [1.165, 1.54) is 5.52 Å². The summed E-state index contributed by atoms with van der Waals surface area (Å²) < 4.78 is 2.34. The van der Waals surface area contributed by atoms with Crippen molar-refractivity contribution in [3.63, 3.8) is 0 Å². The first-order valence-electron chi connectivity index (χ1n) is 9.94. The van der Waals surface area contributed by atoms with Crippen molar-refractivity contribution >= 4 is 16.9 Å². The molecule has 1 aromatic heterocycles. The van der Waals surface area contributed by atoms with Gasteiger partial charge in [-0.2, -0.15) is 0 Å². The summed E-state index contributed by atoms with van der Waals surface area (Å²) in [6.45, 7) is 3.72. The topological polar surface area (TPSA) is 46.9 Å². The molecule has 0 aliphatic heterocycles. The second-order valence-corrected chi connectivity index (χ2v) is 7.68. The predicted octanol–water partition coefficient (Wildman–Crippen LogP) is 4.47. The first-order chi connectivity index (χ1) is 13.2. The number of fused-ring (bicyclic) bond motifs is 1. The van der Waals surface area contributed by atoms with Crippen LogP contribution < -0.4 is 5.32 Å². The van der Waals surface area contributed by atoms with Crippen LogP contribution >= 0.6 is 0 Å². The highest BCUT2D eigenvalue weighted by molar-refractivity contribution is 5.78. The first kappa shape index (κ1) is 17.8. The summed E-state index contributed by atoms with van der Waals surface area (Å²) >= 11 is 0. The van der Waals surface area contributed by atoms with Gasteiger partial charge < -0.3 is 9.88 Å². The molecule has 0 spiro atoms. The van der Waals surface area contributed by atoms with Gasteiger partial charge in [0.1, 0.15) is 5.82 Å². The summed E-state index contributed by atoms with van der Waals surface area (Å²) in [6.07, 6.45) is 4.18. The third-order valence-electron chi connectivity index (χ3n) is 5.81. The van der Waals surface area contributed by atoms with Crippen molar-refractivity contribution in [2.24, 2.45) is 11.8 Å². The van der Waals surface area contributed by atoms with Gasteiger partial charge >= 0.3 is 0 Å². The average molecular weight is 361 g/mol. The molecule has 140 valence electrons. The Balaban J connectivity index is 1.31. The molecule has 0 bridgehead atoms. The number of nitrogens with zero attached hydrogens (tertiary/aromatic N) is 2. The zero-order valence-corrected chi connectivity index (χ0v) is 15.9. The molecule has 1 aliphatic carbocycles. The van der Waals surface area contributed by atoms with E-state index in [0.717, 1.165) is 49.1 Å². The van der Waals surface area contributed by atoms with E-state index in [9.17, 15) is 4.79 Å². The van der Waals surface area contributed by atoms with E-state index in [0.29, 0.717) is 12.5 Å². The number of carbonyl (C=O) groups excluding carboxylic acids is 1. The fourth-order valence-electron chi connectivity index (χ4n) is 4.22. The molecule has 4 heteroatoms. The Bertz CT molecular complexity index is 908. The lowest BCUT2D eigenvalue weighted by Gasteiger charge is -2.28. The van der Waals surface area contributed by atoms with Crippen LogP contribution in [0.1, 0.15) is 37.1 Å². The van der Waals surface area contributed by atoms with Gasteiger partial charge in [-0.15, -0.1) is 0 Å². The van der Waals surface area contributed by atoms with Gasteiger partial charge in [0, 0.05) is 19.0 Å². The monoisotopic (exact) mass is 361 g/mol. The SMILES string of the molecule is Cc1nc2ccccc2n1CC1CCC(C(=O)NCc2ccccc2)CC1. The third-order valence-corrected chi connectivity index (χ3v) is 5.81. The number of para-hydroxylation sites is 2. The van der Waals surface area contributed by atoms with Gasteiger partial charge in [0.05, 0.1) is 11.0 Å². The minimum atomic E-state index is 0.158. The van der Waals surface area contributed by atoms with E-state index < -0.39 is 0 Å². The van der Waals surface area contributed by atoms with Crippen molar-refractivity contribution in [3.8, 4) is 0 Å². The number of benzene rings is 2. The molecular formula is C23H27N3O. The number of hydrogen-bond donors (Lipinski definition) is 1. The highest BCUT2D eigenvalue weighted by Crippen LogP contribution is 2.31. The number of carbonyl (C=O) groups is 1. The van der Waals surface area contributed by atoms with E-state index in [2.05, 4.69) is 52.1 Å². The van der Waals surface area contributed by atoms with E-state index in [1.807, 2.05) is 24.3 Å². The molecule has 2 aromatic carbocycles. The maximum atomic E-state index is 12.5. The Hall–Kier alpha value is -2.62. The third kappa shape index (κ3) is 4.05. The zero-order chi connectivity index (χ0) is 18.6. The molecule has 4 rings (SSSR count). The van der Waals surface area contributed by atoms with Crippen molar-refractivity contribution in [3.05, 3.63) is 66.0 Å². The minimum absolute atomic E-state index is 0.158. The molecule has 3 aromatic rings. The van der Waals surface area contributed by atoms with Crippen molar-refractivity contribution in [2.45, 2.75) is 45.7 Å². The summed E-state index contributed by atoms with van der Waals surface area (Å²) in [5.74, 6) is 2.07. The Labute approximate surface area is 160 Å². The zero-order valence-electron chi connectivity index (χ0n) is 15.9. The standard InChI is InChI=1S/C23H27N3O/c1-17-25-21-9-5-6-10-22(21)26(17)16-19-11-13-20(14-12-19)23(27)24-15-18-7-3-2-4-8-18/h2-10,19-20H,11-16H2,1H3,(H,24,27). The summed E-state index contributed by atoms with van der Waals surface area (Å²) in [7, 11) is 0. The number of nitrogens with one attached hydrogen (secondary N) is 1. The molecule has 0 saturated heterocycles. The van der Waals surface area contributed by atoms with Crippen LogP contribution in [0.25, 0.3) is 11.0 Å². The lowest BCUT2D eigenvalue weighted by molar-refractivity contribution is -0.126. The summed E-state index contributed by atoms with van der Waals surface area (Å²) in [5, 5.41) is 3.11. The molecule has 27 heavy (non-hydrogen) atoms. The fourth-order valence-corrected chi connectivity index (χ4v) is 4.22. The number of amides is 1. The second-order valence-electron chi connectivity index (χ2n) is 7.68. The largest absolute Gasteiger partial charge is 0.352 e. The lowest BCUT2D eigenvalue weighted by Crippen LogP contribution is -2.33. The first-order valence-corrected chi connectivity index (χ1v) is 9.94. The minimum Gasteiger partial charge on any atom is -0.352 e. The quantitative estimate of drug-likeness (QED) is 0.729. The van der Waals surface area contributed by atoms with E-state index in [1.54, 1.807) is 0 Å². The molecule has 1 heterocycles. The van der Waals surface area contributed by atoms with Crippen molar-refractivity contribution in [1.29, 1.82) is 0 Å². The van der Waals surface area contributed by atoms with E-state index in [4.69, 9.17) is 0 Å². The molecule has 4 nitrogen and oxygen atoms in total. The van der Waals surface area contributed by atoms with Gasteiger partial charge in [0.25, 0.3) is 0 Å². The molecule has 1 fully saturated rings. The second kappa shape index (κ2) is 7.95. The highest BCUT2D eigenvalue weighted by Gasteiger charge is 2.26. The summed E-state index contributed by atoms with van der Waals surface area (Å²) in [6, 6.07) is 18.5. The van der Waals surface area contributed by atoms with E-state index >= 15 is 0 Å². The van der Waals surface area contributed by atoms with Gasteiger partial charge in [-0.1, -0.05) is 42.5 Å². The Kier molecular flexibility index (Phi) is 5.23. The molecule has 1 amide bonds. The Morgan fingerprint density at radius 3 is 2.52 bits per heavy atom. The van der Waals surface area contributed by atoms with Gasteiger partial charge in [-0.05, 0) is 56.2 Å². The van der Waals surface area contributed by atoms with Crippen LogP contribution in [0.5, 0.6) is 0 Å². The summed E-state index contributed by atoms with van der Waals surface area (Å²) in [5.41, 5.74) is 3.45. The maximum absolute atomic E-state index is 12.5.